The van der Waals surface area contributed by atoms with Crippen LogP contribution in [-0.2, 0) is 14.3 Å². The molecular weight excluding hydrogens is 522 g/mol. The second kappa shape index (κ2) is 9.95. The largest absolute Gasteiger partial charge is 0.481 e. The van der Waals surface area contributed by atoms with Gasteiger partial charge in [0.1, 0.15) is 11.0 Å². The van der Waals surface area contributed by atoms with Gasteiger partial charge in [0, 0.05) is 5.92 Å². The molecule has 6 rings (SSSR count). The minimum absolute atomic E-state index is 0.561. The molecule has 0 radical (unpaired) electrons. The summed E-state index contributed by atoms with van der Waals surface area (Å²) in [6.45, 7) is 7.00. The number of hydrogen-bond acceptors (Lipinski definition) is 4. The molecule has 0 fully saturated rings. The number of esters is 1. The zero-order valence-corrected chi connectivity index (χ0v) is 24.2. The maximum Gasteiger partial charge on any atom is 0.339 e. The Morgan fingerprint density at radius 1 is 0.714 bits per heavy atom. The molecule has 2 unspecified atom stereocenters. The van der Waals surface area contributed by atoms with Gasteiger partial charge in [-0.05, 0) is 77.7 Å². The lowest BCUT2D eigenvalue weighted by Crippen LogP contribution is -2.58. The first-order valence-corrected chi connectivity index (χ1v) is 14.2. The predicted molar refractivity (Wildman–Crippen MR) is 166 cm³/mol. The highest BCUT2D eigenvalue weighted by atomic mass is 16.6. The van der Waals surface area contributed by atoms with Crippen molar-refractivity contribution in [2.45, 2.75) is 44.8 Å². The Labute approximate surface area is 244 Å². The first-order valence-electron chi connectivity index (χ1n) is 14.2. The van der Waals surface area contributed by atoms with Crippen molar-refractivity contribution in [3.63, 3.8) is 0 Å². The molecule has 1 heterocycles. The zero-order valence-electron chi connectivity index (χ0n) is 24.2. The maximum absolute atomic E-state index is 14.5. The highest BCUT2D eigenvalue weighted by Gasteiger charge is 2.64. The van der Waals surface area contributed by atoms with Crippen LogP contribution in [-0.4, -0.2) is 28.2 Å². The molecule has 0 bridgehead atoms. The van der Waals surface area contributed by atoms with Gasteiger partial charge in [-0.25, -0.2) is 4.79 Å². The van der Waals surface area contributed by atoms with E-state index in [-0.39, 0.29) is 0 Å². The number of carbonyl (C=O) groups excluding carboxylic acids is 1. The number of fused-ring (bicyclic) bond motifs is 3. The summed E-state index contributed by atoms with van der Waals surface area (Å²) in [5.74, 6) is -2.64. The fourth-order valence-electron chi connectivity index (χ4n) is 6.40. The van der Waals surface area contributed by atoms with Crippen molar-refractivity contribution in [3.8, 4) is 0 Å². The summed E-state index contributed by atoms with van der Waals surface area (Å²) in [5, 5.41) is 16.5. The van der Waals surface area contributed by atoms with Gasteiger partial charge in [-0.2, -0.15) is 0 Å². The number of carboxylic acid groups (broad SMARTS) is 1. The number of ether oxygens (including phenoxy) is 1. The molecular formula is C37H33NO4. The Morgan fingerprint density at radius 2 is 1.21 bits per heavy atom. The molecule has 0 saturated heterocycles. The van der Waals surface area contributed by atoms with Crippen molar-refractivity contribution in [1.29, 1.82) is 0 Å². The van der Waals surface area contributed by atoms with Crippen LogP contribution in [0.5, 0.6) is 0 Å². The number of rotatable bonds is 6. The van der Waals surface area contributed by atoms with Crippen LogP contribution in [0.4, 0.5) is 0 Å². The summed E-state index contributed by atoms with van der Waals surface area (Å²) in [4.78, 5) is 33.5. The van der Waals surface area contributed by atoms with Crippen LogP contribution < -0.4 is 10.6 Å². The van der Waals surface area contributed by atoms with E-state index in [1.807, 2.05) is 109 Å². The van der Waals surface area contributed by atoms with Crippen LogP contribution >= 0.6 is 0 Å². The van der Waals surface area contributed by atoms with Gasteiger partial charge in [-0.3, -0.25) is 9.79 Å². The third-order valence-electron chi connectivity index (χ3n) is 8.39. The predicted octanol–water partition coefficient (Wildman–Crippen LogP) is 6.41. The molecule has 5 aromatic carbocycles. The molecule has 0 aliphatic carbocycles. The van der Waals surface area contributed by atoms with Gasteiger partial charge < -0.3 is 9.84 Å². The molecule has 1 aliphatic rings. The highest BCUT2D eigenvalue weighted by Crippen LogP contribution is 2.54. The van der Waals surface area contributed by atoms with Crippen LogP contribution in [0.25, 0.3) is 27.6 Å². The zero-order chi connectivity index (χ0) is 29.7. The Bertz CT molecular complexity index is 1860. The Hall–Kier alpha value is -4.77. The minimum atomic E-state index is -1.87. The molecule has 0 saturated carbocycles. The Morgan fingerprint density at radius 3 is 1.74 bits per heavy atom. The molecule has 5 heteroatoms. The Balaban J connectivity index is 1.76. The van der Waals surface area contributed by atoms with Gasteiger partial charge in [-0.15, -0.1) is 0 Å². The molecule has 0 aromatic heterocycles. The lowest BCUT2D eigenvalue weighted by molar-refractivity contribution is -0.171. The summed E-state index contributed by atoms with van der Waals surface area (Å²) < 4.78 is 6.02. The molecule has 1 N–H and O–H groups in total. The van der Waals surface area contributed by atoms with E-state index >= 15 is 0 Å². The number of aliphatic carboxylic acids is 1. The number of carbonyl (C=O) groups is 2. The molecule has 210 valence electrons. The average Bonchev–Trinajstić information content (AvgIpc) is 3.38. The van der Waals surface area contributed by atoms with E-state index in [0.29, 0.717) is 10.6 Å². The lowest BCUT2D eigenvalue weighted by atomic mass is 9.58. The number of benzene rings is 5. The summed E-state index contributed by atoms with van der Waals surface area (Å²) >= 11 is 0. The van der Waals surface area contributed by atoms with Gasteiger partial charge in [0.2, 0.25) is 0 Å². The number of nitrogens with zero attached hydrogens (tertiary/aromatic N) is 1. The van der Waals surface area contributed by atoms with E-state index in [0.717, 1.165) is 32.7 Å². The summed E-state index contributed by atoms with van der Waals surface area (Å²) in [5.41, 5.74) is -2.94. The SMILES string of the molecule is CC(C)(C)OC(=O)C1(C(C)(C(=O)O)C(c2cccc3ccccc23)c2cccc3ccccc23)C=c2ccccc2=N1. The fourth-order valence-corrected chi connectivity index (χ4v) is 6.40. The second-order valence-electron chi connectivity index (χ2n) is 12.2. The standard InChI is InChI=1S/C37H33NO4/c1-35(2,3)42-34(41)37(23-26-15-7-10-22-31(26)38-37)36(4,33(39)40)32(29-20-11-16-24-13-5-8-18-27(24)29)30-21-12-17-25-14-6-9-19-28(25)30/h5-23,32H,1-4H3,(H,39,40). The van der Waals surface area contributed by atoms with Crippen molar-refractivity contribution >= 4 is 39.6 Å². The van der Waals surface area contributed by atoms with Crippen LogP contribution in [0.3, 0.4) is 0 Å². The van der Waals surface area contributed by atoms with E-state index in [1.165, 1.54) is 0 Å². The van der Waals surface area contributed by atoms with Crippen molar-refractivity contribution in [2.24, 2.45) is 10.4 Å². The third kappa shape index (κ3) is 4.28. The van der Waals surface area contributed by atoms with E-state index in [9.17, 15) is 14.7 Å². The molecule has 2 atom stereocenters. The van der Waals surface area contributed by atoms with Crippen LogP contribution in [0.1, 0.15) is 44.7 Å². The topological polar surface area (TPSA) is 76.0 Å². The minimum Gasteiger partial charge on any atom is -0.481 e. The number of carboxylic acids is 1. The Kier molecular flexibility index (Phi) is 6.49. The van der Waals surface area contributed by atoms with Crippen molar-refractivity contribution in [3.05, 3.63) is 131 Å². The second-order valence-corrected chi connectivity index (χ2v) is 12.2. The van der Waals surface area contributed by atoms with Crippen LogP contribution in [0.2, 0.25) is 0 Å². The number of para-hydroxylation sites is 1. The molecule has 1 aliphatic heterocycles. The van der Waals surface area contributed by atoms with Crippen molar-refractivity contribution in [1.82, 2.24) is 0 Å². The van der Waals surface area contributed by atoms with Gasteiger partial charge >= 0.3 is 11.9 Å². The molecule has 0 spiro atoms. The normalized spacial score (nSPS) is 17.7. The summed E-state index contributed by atoms with van der Waals surface area (Å²) in [7, 11) is 0. The summed E-state index contributed by atoms with van der Waals surface area (Å²) in [6.07, 6.45) is 1.70. The third-order valence-corrected chi connectivity index (χ3v) is 8.39. The molecule has 5 aromatic rings. The van der Waals surface area contributed by atoms with Crippen LogP contribution in [0.15, 0.2) is 114 Å². The first kappa shape index (κ1) is 27.4. The molecule has 42 heavy (non-hydrogen) atoms. The van der Waals surface area contributed by atoms with E-state index in [2.05, 4.69) is 0 Å². The monoisotopic (exact) mass is 555 g/mol. The van der Waals surface area contributed by atoms with Gasteiger partial charge in [-0.1, -0.05) is 103 Å². The van der Waals surface area contributed by atoms with Crippen molar-refractivity contribution < 1.29 is 19.4 Å². The average molecular weight is 556 g/mol. The van der Waals surface area contributed by atoms with Crippen molar-refractivity contribution in [2.75, 3.05) is 0 Å². The van der Waals surface area contributed by atoms with Gasteiger partial charge in [0.15, 0.2) is 5.54 Å². The van der Waals surface area contributed by atoms with Crippen LogP contribution in [0, 0.1) is 5.41 Å². The van der Waals surface area contributed by atoms with Gasteiger partial charge in [0.05, 0.1) is 5.36 Å². The van der Waals surface area contributed by atoms with E-state index in [4.69, 9.17) is 9.73 Å². The molecule has 5 nitrogen and oxygen atoms in total. The molecule has 0 amide bonds. The maximum atomic E-state index is 14.5. The first-order chi connectivity index (χ1) is 20.0. The summed E-state index contributed by atoms with van der Waals surface area (Å²) in [6, 6.07) is 35.1. The van der Waals surface area contributed by atoms with Gasteiger partial charge in [0.25, 0.3) is 0 Å². The fraction of sp³-hybridized carbons (Fsp3) is 0.216. The van der Waals surface area contributed by atoms with E-state index < -0.39 is 34.4 Å². The smallest absolute Gasteiger partial charge is 0.339 e. The lowest BCUT2D eigenvalue weighted by Gasteiger charge is -2.45. The number of hydrogen-bond donors (Lipinski definition) is 1. The quantitative estimate of drug-likeness (QED) is 0.246. The van der Waals surface area contributed by atoms with E-state index in [1.54, 1.807) is 33.8 Å². The highest BCUT2D eigenvalue weighted by molar-refractivity contribution is 6.01.